The van der Waals surface area contributed by atoms with Crippen molar-refractivity contribution in [3.63, 3.8) is 0 Å². The largest absolute Gasteiger partial charge is 0.508 e. The van der Waals surface area contributed by atoms with E-state index in [1.807, 2.05) is 60.7 Å². The highest BCUT2D eigenvalue weighted by Crippen LogP contribution is 2.29. The number of amides is 2. The second-order valence-electron chi connectivity index (χ2n) is 8.71. The molecule has 4 rings (SSSR count). The third-order valence-electron chi connectivity index (χ3n) is 6.13. The van der Waals surface area contributed by atoms with Gasteiger partial charge in [0, 0.05) is 18.9 Å². The van der Waals surface area contributed by atoms with Crippen LogP contribution in [-0.4, -0.2) is 39.5 Å². The number of nitrogens with two attached hydrogens (primary N) is 1. The summed E-state index contributed by atoms with van der Waals surface area (Å²) in [6.45, 7) is 0.790. The van der Waals surface area contributed by atoms with E-state index in [4.69, 9.17) is 5.73 Å². The number of hydrogen-bond donors (Lipinski definition) is 4. The Kier molecular flexibility index (Phi) is 8.80. The molecule has 0 unspecified atom stereocenters. The van der Waals surface area contributed by atoms with E-state index in [0.717, 1.165) is 21.6 Å². The van der Waals surface area contributed by atoms with Crippen molar-refractivity contribution in [1.82, 2.24) is 15.3 Å². The van der Waals surface area contributed by atoms with E-state index < -0.39 is 23.8 Å². The first-order chi connectivity index (χ1) is 18.1. The molecule has 1 heterocycles. The van der Waals surface area contributed by atoms with Crippen molar-refractivity contribution >= 4 is 17.8 Å². The molecular formula is C29H31N5O3. The van der Waals surface area contributed by atoms with Gasteiger partial charge in [0.05, 0.1) is 12.0 Å². The van der Waals surface area contributed by atoms with E-state index in [1.165, 1.54) is 6.20 Å². The number of imidazole rings is 1. The molecular weight excluding hydrogens is 466 g/mol. The van der Waals surface area contributed by atoms with Gasteiger partial charge < -0.3 is 21.1 Å². The fraction of sp³-hybridized carbons (Fsp3) is 0.207. The van der Waals surface area contributed by atoms with Crippen molar-refractivity contribution in [2.75, 3.05) is 11.4 Å². The van der Waals surface area contributed by atoms with Gasteiger partial charge in [-0.3, -0.25) is 9.59 Å². The van der Waals surface area contributed by atoms with Crippen LogP contribution in [0.5, 0.6) is 5.75 Å². The quantitative estimate of drug-likeness (QED) is 0.250. The van der Waals surface area contributed by atoms with Crippen LogP contribution in [0, 0.1) is 0 Å². The molecule has 37 heavy (non-hydrogen) atoms. The zero-order chi connectivity index (χ0) is 26.0. The molecule has 1 atom stereocenters. The highest BCUT2D eigenvalue weighted by Gasteiger charge is 2.36. The van der Waals surface area contributed by atoms with Gasteiger partial charge in [-0.25, -0.2) is 9.88 Å². The maximum absolute atomic E-state index is 14.2. The predicted octanol–water partition coefficient (Wildman–Crippen LogP) is 3.70. The van der Waals surface area contributed by atoms with Gasteiger partial charge in [-0.05, 0) is 48.2 Å². The summed E-state index contributed by atoms with van der Waals surface area (Å²) in [5.41, 5.74) is 8.21. The van der Waals surface area contributed by atoms with Gasteiger partial charge >= 0.3 is 0 Å². The van der Waals surface area contributed by atoms with Gasteiger partial charge in [-0.2, -0.15) is 0 Å². The highest BCUT2D eigenvalue weighted by molar-refractivity contribution is 6.18. The molecule has 3 aromatic carbocycles. The van der Waals surface area contributed by atoms with Crippen LogP contribution in [0.2, 0.25) is 0 Å². The maximum atomic E-state index is 14.2. The Bertz CT molecular complexity index is 1220. The van der Waals surface area contributed by atoms with E-state index in [9.17, 15) is 14.7 Å². The first-order valence-corrected chi connectivity index (χ1v) is 12.3. The number of phenols is 1. The number of H-pyrrole nitrogens is 1. The second kappa shape index (κ2) is 12.6. The zero-order valence-electron chi connectivity index (χ0n) is 20.5. The lowest BCUT2D eigenvalue weighted by molar-refractivity contribution is -0.128. The number of aromatic hydroxyl groups is 1. The van der Waals surface area contributed by atoms with Gasteiger partial charge in [0.2, 0.25) is 11.9 Å². The average Bonchev–Trinajstić information content (AvgIpc) is 3.45. The van der Waals surface area contributed by atoms with Crippen LogP contribution < -0.4 is 16.0 Å². The lowest BCUT2D eigenvalue weighted by Gasteiger charge is -2.28. The molecule has 190 valence electrons. The van der Waals surface area contributed by atoms with Gasteiger partial charge in [0.15, 0.2) is 0 Å². The van der Waals surface area contributed by atoms with Gasteiger partial charge in [-0.15, -0.1) is 0 Å². The number of nitrogens with one attached hydrogen (secondary N) is 2. The molecule has 8 heteroatoms. The van der Waals surface area contributed by atoms with E-state index in [-0.39, 0.29) is 11.7 Å². The van der Waals surface area contributed by atoms with Crippen LogP contribution >= 0.6 is 0 Å². The number of nitrogens with zero attached hydrogens (tertiary/aromatic N) is 2. The van der Waals surface area contributed by atoms with Gasteiger partial charge in [0.25, 0.3) is 5.91 Å². The summed E-state index contributed by atoms with van der Waals surface area (Å²) >= 11 is 0. The smallest absolute Gasteiger partial charge is 0.253 e. The number of aromatic nitrogens is 2. The summed E-state index contributed by atoms with van der Waals surface area (Å²) in [5, 5.41) is 12.9. The predicted molar refractivity (Wildman–Crippen MR) is 143 cm³/mol. The van der Waals surface area contributed by atoms with Crippen LogP contribution in [0.15, 0.2) is 97.3 Å². The van der Waals surface area contributed by atoms with E-state index in [0.29, 0.717) is 25.9 Å². The van der Waals surface area contributed by atoms with Crippen LogP contribution in [-0.2, 0) is 16.1 Å². The molecule has 0 spiro atoms. The van der Waals surface area contributed by atoms with Crippen molar-refractivity contribution in [3.05, 3.63) is 114 Å². The van der Waals surface area contributed by atoms with E-state index >= 15 is 0 Å². The number of imide groups is 1. The molecule has 0 aliphatic heterocycles. The molecule has 2 amide bonds. The highest BCUT2D eigenvalue weighted by atomic mass is 16.3. The SMILES string of the molecule is NCCC[C@H](NCc1ccc(O)cc1)C(=O)N(C(=O)C(c1ccccc1)c1ccccc1)c1ncc[nH]1. The molecule has 0 aliphatic rings. The Hall–Kier alpha value is -4.27. The number of benzene rings is 3. The minimum Gasteiger partial charge on any atom is -0.508 e. The van der Waals surface area contributed by atoms with Crippen molar-refractivity contribution in [1.29, 1.82) is 0 Å². The van der Waals surface area contributed by atoms with Crippen molar-refractivity contribution in [3.8, 4) is 5.75 Å². The van der Waals surface area contributed by atoms with Crippen LogP contribution in [0.1, 0.15) is 35.4 Å². The average molecular weight is 498 g/mol. The van der Waals surface area contributed by atoms with Crippen LogP contribution in [0.4, 0.5) is 5.95 Å². The van der Waals surface area contributed by atoms with E-state index in [1.54, 1.807) is 30.5 Å². The number of carbonyl (C=O) groups is 2. The van der Waals surface area contributed by atoms with Gasteiger partial charge in [-0.1, -0.05) is 72.8 Å². The Morgan fingerprint density at radius 1 is 0.919 bits per heavy atom. The standard InChI is InChI=1S/C29H31N5O3/c30-17-7-12-25(33-20-21-13-15-24(35)16-14-21)27(36)34(29-31-18-19-32-29)28(37)26(22-8-3-1-4-9-22)23-10-5-2-6-11-23/h1-6,8-11,13-16,18-19,25-26,33,35H,7,12,17,20,30H2,(H,31,32)/t25-/m0/s1. The van der Waals surface area contributed by atoms with Gasteiger partial charge in [0.1, 0.15) is 5.75 Å². The molecule has 0 saturated carbocycles. The number of carbonyl (C=O) groups excluding carboxylic acids is 2. The molecule has 0 fully saturated rings. The Labute approximate surface area is 216 Å². The summed E-state index contributed by atoms with van der Waals surface area (Å²) in [6.07, 6.45) is 4.14. The molecule has 0 bridgehead atoms. The summed E-state index contributed by atoms with van der Waals surface area (Å²) < 4.78 is 0. The Balaban J connectivity index is 1.68. The summed E-state index contributed by atoms with van der Waals surface area (Å²) in [4.78, 5) is 36.6. The fourth-order valence-corrected chi connectivity index (χ4v) is 4.24. The topological polar surface area (TPSA) is 124 Å². The summed E-state index contributed by atoms with van der Waals surface area (Å²) in [6, 6.07) is 24.9. The number of phenolic OH excluding ortho intramolecular Hbond substituents is 1. The summed E-state index contributed by atoms with van der Waals surface area (Å²) in [5.74, 6) is -1.19. The van der Waals surface area contributed by atoms with Crippen LogP contribution in [0.25, 0.3) is 0 Å². The molecule has 0 radical (unpaired) electrons. The zero-order valence-corrected chi connectivity index (χ0v) is 20.5. The van der Waals surface area contributed by atoms with Crippen molar-refractivity contribution in [2.45, 2.75) is 31.3 Å². The second-order valence-corrected chi connectivity index (χ2v) is 8.71. The monoisotopic (exact) mass is 497 g/mol. The first kappa shape index (κ1) is 25.8. The number of rotatable bonds is 11. The first-order valence-electron chi connectivity index (χ1n) is 12.3. The third-order valence-corrected chi connectivity index (χ3v) is 6.13. The Morgan fingerprint density at radius 3 is 2.08 bits per heavy atom. The molecule has 0 saturated heterocycles. The number of hydrogen-bond acceptors (Lipinski definition) is 6. The molecule has 8 nitrogen and oxygen atoms in total. The summed E-state index contributed by atoms with van der Waals surface area (Å²) in [7, 11) is 0. The lowest BCUT2D eigenvalue weighted by atomic mass is 9.89. The van der Waals surface area contributed by atoms with E-state index in [2.05, 4.69) is 15.3 Å². The minimum absolute atomic E-state index is 0.163. The lowest BCUT2D eigenvalue weighted by Crippen LogP contribution is -2.51. The molecule has 1 aromatic heterocycles. The number of anilines is 1. The number of aromatic amines is 1. The normalized spacial score (nSPS) is 11.8. The Morgan fingerprint density at radius 2 is 1.54 bits per heavy atom. The van der Waals surface area contributed by atoms with Crippen molar-refractivity contribution < 1.29 is 14.7 Å². The molecule has 4 aromatic rings. The maximum Gasteiger partial charge on any atom is 0.253 e. The fourth-order valence-electron chi connectivity index (χ4n) is 4.24. The molecule has 0 aliphatic carbocycles. The van der Waals surface area contributed by atoms with Crippen molar-refractivity contribution in [2.24, 2.45) is 5.73 Å². The van der Waals surface area contributed by atoms with Crippen LogP contribution in [0.3, 0.4) is 0 Å². The molecule has 5 N–H and O–H groups in total. The third kappa shape index (κ3) is 6.49. The minimum atomic E-state index is -0.705.